The van der Waals surface area contributed by atoms with Gasteiger partial charge < -0.3 is 5.73 Å². The van der Waals surface area contributed by atoms with Crippen molar-refractivity contribution in [2.45, 2.75) is 9.79 Å². The van der Waals surface area contributed by atoms with Gasteiger partial charge in [0.2, 0.25) is 0 Å². The van der Waals surface area contributed by atoms with Gasteiger partial charge in [-0.1, -0.05) is 35.0 Å². The molecular formula is C13H8Cl2N2S. The lowest BCUT2D eigenvalue weighted by Crippen LogP contribution is -1.89. The van der Waals surface area contributed by atoms with Gasteiger partial charge in [-0.3, -0.25) is 0 Å². The monoisotopic (exact) mass is 294 g/mol. The molecule has 0 saturated heterocycles. The van der Waals surface area contributed by atoms with Crippen LogP contribution in [0.2, 0.25) is 10.0 Å². The van der Waals surface area contributed by atoms with Gasteiger partial charge in [-0.2, -0.15) is 5.26 Å². The summed E-state index contributed by atoms with van der Waals surface area (Å²) in [5.74, 6) is 0. The lowest BCUT2D eigenvalue weighted by molar-refractivity contribution is 1.38. The third kappa shape index (κ3) is 2.91. The maximum Gasteiger partial charge on any atom is 0.101 e. The zero-order valence-corrected chi connectivity index (χ0v) is 11.5. The maximum absolute atomic E-state index is 8.92. The number of nitrogens with two attached hydrogens (primary N) is 1. The smallest absolute Gasteiger partial charge is 0.101 e. The fraction of sp³-hybridized carbons (Fsp3) is 0. The number of nitrogens with zero attached hydrogens (tertiary/aromatic N) is 1. The third-order valence-electron chi connectivity index (χ3n) is 2.27. The largest absolute Gasteiger partial charge is 0.398 e. The molecule has 2 N–H and O–H groups in total. The van der Waals surface area contributed by atoms with Crippen LogP contribution in [0.3, 0.4) is 0 Å². The average Bonchev–Trinajstić information content (AvgIpc) is 2.35. The fourth-order valence-corrected chi connectivity index (χ4v) is 2.76. The molecule has 2 rings (SSSR count). The highest BCUT2D eigenvalue weighted by Crippen LogP contribution is 2.35. The Balaban J connectivity index is 2.32. The molecule has 0 bridgehead atoms. The van der Waals surface area contributed by atoms with Gasteiger partial charge in [0, 0.05) is 20.5 Å². The van der Waals surface area contributed by atoms with E-state index < -0.39 is 0 Å². The Morgan fingerprint density at radius 3 is 2.56 bits per heavy atom. The molecule has 0 heterocycles. The lowest BCUT2D eigenvalue weighted by atomic mass is 10.2. The molecule has 0 saturated carbocycles. The highest BCUT2D eigenvalue weighted by Gasteiger charge is 2.06. The number of hydrogen-bond donors (Lipinski definition) is 1. The minimum Gasteiger partial charge on any atom is -0.398 e. The van der Waals surface area contributed by atoms with E-state index in [0.29, 0.717) is 21.3 Å². The fourth-order valence-electron chi connectivity index (χ4n) is 1.38. The van der Waals surface area contributed by atoms with Crippen molar-refractivity contribution >= 4 is 40.7 Å². The van der Waals surface area contributed by atoms with Crippen LogP contribution in [-0.4, -0.2) is 0 Å². The van der Waals surface area contributed by atoms with Crippen LogP contribution in [0.5, 0.6) is 0 Å². The van der Waals surface area contributed by atoms with E-state index in [4.69, 9.17) is 34.2 Å². The summed E-state index contributed by atoms with van der Waals surface area (Å²) in [6, 6.07) is 12.7. The van der Waals surface area contributed by atoms with E-state index in [1.165, 1.54) is 11.8 Å². The molecule has 0 aromatic heterocycles. The normalized spacial score (nSPS) is 10.1. The molecule has 0 aliphatic carbocycles. The average molecular weight is 295 g/mol. The zero-order chi connectivity index (χ0) is 13.1. The van der Waals surface area contributed by atoms with Crippen LogP contribution in [-0.2, 0) is 0 Å². The van der Waals surface area contributed by atoms with E-state index in [-0.39, 0.29) is 0 Å². The summed E-state index contributed by atoms with van der Waals surface area (Å²) in [4.78, 5) is 1.79. The first-order valence-corrected chi connectivity index (χ1v) is 6.60. The summed E-state index contributed by atoms with van der Waals surface area (Å²) in [6.45, 7) is 0. The first kappa shape index (κ1) is 13.1. The summed E-state index contributed by atoms with van der Waals surface area (Å²) >= 11 is 13.4. The molecule has 0 radical (unpaired) electrons. The van der Waals surface area contributed by atoms with Crippen molar-refractivity contribution in [3.63, 3.8) is 0 Å². The van der Waals surface area contributed by atoms with E-state index in [2.05, 4.69) is 6.07 Å². The number of nitrogen functional groups attached to an aromatic ring is 1. The second-order valence-electron chi connectivity index (χ2n) is 3.54. The van der Waals surface area contributed by atoms with Crippen molar-refractivity contribution in [1.82, 2.24) is 0 Å². The third-order valence-corrected chi connectivity index (χ3v) is 3.99. The predicted molar refractivity (Wildman–Crippen MR) is 76.2 cm³/mol. The van der Waals surface area contributed by atoms with Gasteiger partial charge in [-0.05, 0) is 36.4 Å². The van der Waals surface area contributed by atoms with Crippen molar-refractivity contribution < 1.29 is 0 Å². The second kappa shape index (κ2) is 5.53. The minimum atomic E-state index is 0.463. The summed E-state index contributed by atoms with van der Waals surface area (Å²) in [7, 11) is 0. The van der Waals surface area contributed by atoms with Crippen LogP contribution in [0.1, 0.15) is 5.56 Å². The van der Waals surface area contributed by atoms with Crippen LogP contribution >= 0.6 is 35.0 Å². The van der Waals surface area contributed by atoms with Crippen molar-refractivity contribution in [1.29, 1.82) is 5.26 Å². The Morgan fingerprint density at radius 2 is 1.89 bits per heavy atom. The van der Waals surface area contributed by atoms with Gasteiger partial charge in [-0.25, -0.2) is 0 Å². The highest BCUT2D eigenvalue weighted by atomic mass is 35.5. The van der Waals surface area contributed by atoms with Crippen molar-refractivity contribution in [3.8, 4) is 6.07 Å². The van der Waals surface area contributed by atoms with Gasteiger partial charge in [0.1, 0.15) is 6.07 Å². The van der Waals surface area contributed by atoms with Crippen LogP contribution < -0.4 is 5.73 Å². The number of benzene rings is 2. The summed E-state index contributed by atoms with van der Waals surface area (Å²) < 4.78 is 0. The molecule has 5 heteroatoms. The highest BCUT2D eigenvalue weighted by molar-refractivity contribution is 7.99. The minimum absolute atomic E-state index is 0.463. The van der Waals surface area contributed by atoms with E-state index >= 15 is 0 Å². The van der Waals surface area contributed by atoms with E-state index in [0.717, 1.165) is 9.79 Å². The van der Waals surface area contributed by atoms with Crippen LogP contribution in [0, 0.1) is 11.3 Å². The van der Waals surface area contributed by atoms with Crippen molar-refractivity contribution in [2.75, 3.05) is 5.73 Å². The molecule has 0 atom stereocenters. The number of anilines is 1. The molecule has 90 valence electrons. The molecule has 0 amide bonds. The number of rotatable bonds is 2. The standard InChI is InChI=1S/C13H8Cl2N2S/c14-9-1-4-13(11(15)6-9)18-10-2-3-12(17)8(5-10)7-16/h1-6H,17H2. The van der Waals surface area contributed by atoms with E-state index in [1.807, 2.05) is 12.1 Å². The lowest BCUT2D eigenvalue weighted by Gasteiger charge is -2.06. The molecule has 18 heavy (non-hydrogen) atoms. The molecule has 0 aliphatic rings. The van der Waals surface area contributed by atoms with Gasteiger partial charge >= 0.3 is 0 Å². The number of halogens is 2. The molecule has 0 aliphatic heterocycles. The summed E-state index contributed by atoms with van der Waals surface area (Å²) in [5, 5.41) is 10.1. The quantitative estimate of drug-likeness (QED) is 0.824. The molecule has 2 aromatic rings. The molecule has 2 aromatic carbocycles. The SMILES string of the molecule is N#Cc1cc(Sc2ccc(Cl)cc2Cl)ccc1N. The van der Waals surface area contributed by atoms with Crippen LogP contribution in [0.15, 0.2) is 46.2 Å². The molecule has 0 unspecified atom stereocenters. The van der Waals surface area contributed by atoms with Gasteiger partial charge in [0.15, 0.2) is 0 Å². The predicted octanol–water partition coefficient (Wildman–Crippen LogP) is 4.60. The Kier molecular flexibility index (Phi) is 4.03. The summed E-state index contributed by atoms with van der Waals surface area (Å²) in [5.41, 5.74) is 6.61. The summed E-state index contributed by atoms with van der Waals surface area (Å²) in [6.07, 6.45) is 0. The maximum atomic E-state index is 8.92. The van der Waals surface area contributed by atoms with Crippen molar-refractivity contribution in [2.24, 2.45) is 0 Å². The Hall–Kier alpha value is -1.34. The van der Waals surface area contributed by atoms with Gasteiger partial charge in [-0.15, -0.1) is 0 Å². The molecule has 2 nitrogen and oxygen atoms in total. The van der Waals surface area contributed by atoms with E-state index in [1.54, 1.807) is 24.3 Å². The Bertz CT molecular complexity index is 635. The van der Waals surface area contributed by atoms with Gasteiger partial charge in [0.25, 0.3) is 0 Å². The zero-order valence-electron chi connectivity index (χ0n) is 9.15. The van der Waals surface area contributed by atoms with Gasteiger partial charge in [0.05, 0.1) is 10.6 Å². The van der Waals surface area contributed by atoms with Crippen LogP contribution in [0.25, 0.3) is 0 Å². The second-order valence-corrected chi connectivity index (χ2v) is 5.50. The first-order valence-electron chi connectivity index (χ1n) is 5.02. The molecular weight excluding hydrogens is 287 g/mol. The van der Waals surface area contributed by atoms with Crippen molar-refractivity contribution in [3.05, 3.63) is 52.0 Å². The first-order chi connectivity index (χ1) is 8.60. The number of nitriles is 1. The molecule has 0 fully saturated rings. The Morgan fingerprint density at radius 1 is 1.11 bits per heavy atom. The number of hydrogen-bond acceptors (Lipinski definition) is 3. The molecule has 0 spiro atoms. The Labute approximate surface area is 119 Å². The van der Waals surface area contributed by atoms with E-state index in [9.17, 15) is 0 Å². The van der Waals surface area contributed by atoms with Crippen LogP contribution in [0.4, 0.5) is 5.69 Å². The topological polar surface area (TPSA) is 49.8 Å².